The van der Waals surface area contributed by atoms with E-state index in [4.69, 9.17) is 0 Å². The maximum atomic E-state index is 4.29. The van der Waals surface area contributed by atoms with Crippen LogP contribution in [0.2, 0.25) is 0 Å². The van der Waals surface area contributed by atoms with Crippen molar-refractivity contribution in [3.8, 4) is 0 Å². The van der Waals surface area contributed by atoms with E-state index in [0.717, 1.165) is 13.0 Å². The molecule has 2 nitrogen and oxygen atoms in total. The Morgan fingerprint density at radius 1 is 1.12 bits per heavy atom. The van der Waals surface area contributed by atoms with Crippen LogP contribution in [0.15, 0.2) is 0 Å². The van der Waals surface area contributed by atoms with Crippen molar-refractivity contribution < 1.29 is 0 Å². The molecule has 0 bridgehead atoms. The quantitative estimate of drug-likeness (QED) is 0.441. The first-order chi connectivity index (χ1) is 7.58. The van der Waals surface area contributed by atoms with Crippen LogP contribution in [0, 0.1) is 6.92 Å². The maximum absolute atomic E-state index is 4.29. The molecule has 0 aromatic heterocycles. The fraction of sp³-hybridized carbons (Fsp3) is 0.929. The molecule has 0 rings (SSSR count). The van der Waals surface area contributed by atoms with Gasteiger partial charge in [-0.15, -0.1) is 0 Å². The highest BCUT2D eigenvalue weighted by Gasteiger charge is 2.22. The lowest BCUT2D eigenvalue weighted by molar-refractivity contribution is 0.271. The minimum absolute atomic E-state index is 0.137. The van der Waals surface area contributed by atoms with E-state index in [1.54, 1.807) is 0 Å². The molecule has 2 unspecified atom stereocenters. The molecule has 1 radical (unpaired) electrons. The zero-order valence-corrected chi connectivity index (χ0v) is 11.7. The Hall–Kier alpha value is -0.0800. The highest BCUT2D eigenvalue weighted by molar-refractivity contribution is 4.88. The van der Waals surface area contributed by atoms with Gasteiger partial charge in [0.05, 0.1) is 5.66 Å². The van der Waals surface area contributed by atoms with Crippen LogP contribution >= 0.6 is 0 Å². The van der Waals surface area contributed by atoms with Crippen LogP contribution < -0.4 is 10.6 Å². The van der Waals surface area contributed by atoms with Crippen molar-refractivity contribution in [3.05, 3.63) is 6.92 Å². The Labute approximate surface area is 103 Å². The van der Waals surface area contributed by atoms with Crippen LogP contribution in [-0.4, -0.2) is 18.2 Å². The van der Waals surface area contributed by atoms with Crippen LogP contribution in [0.25, 0.3) is 0 Å². The zero-order valence-electron chi connectivity index (χ0n) is 11.7. The second kappa shape index (κ2) is 9.00. The first kappa shape index (κ1) is 15.9. The smallest absolute Gasteiger partial charge is 0.0687 e. The van der Waals surface area contributed by atoms with E-state index in [9.17, 15) is 0 Å². The lowest BCUT2D eigenvalue weighted by Gasteiger charge is -2.34. The molecule has 2 heteroatoms. The number of hydrogen-bond acceptors (Lipinski definition) is 2. The molecule has 0 aliphatic carbocycles. The van der Waals surface area contributed by atoms with Gasteiger partial charge in [-0.2, -0.15) is 0 Å². The molecule has 0 aromatic rings. The number of unbranched alkanes of at least 4 members (excludes halogenated alkanes) is 2. The Bertz CT molecular complexity index is 159. The van der Waals surface area contributed by atoms with E-state index >= 15 is 0 Å². The van der Waals surface area contributed by atoms with Gasteiger partial charge in [-0.3, -0.25) is 10.6 Å². The van der Waals surface area contributed by atoms with Crippen LogP contribution in [0.3, 0.4) is 0 Å². The molecule has 0 heterocycles. The Balaban J connectivity index is 3.89. The fourth-order valence-electron chi connectivity index (χ4n) is 1.96. The summed E-state index contributed by atoms with van der Waals surface area (Å²) in [4.78, 5) is 0. The van der Waals surface area contributed by atoms with Gasteiger partial charge in [0.15, 0.2) is 0 Å². The molecule has 0 spiro atoms. The van der Waals surface area contributed by atoms with E-state index in [1.165, 1.54) is 32.1 Å². The lowest BCUT2D eigenvalue weighted by Crippen LogP contribution is -2.57. The minimum atomic E-state index is -0.137. The number of nitrogens with one attached hydrogen (secondary N) is 2. The highest BCUT2D eigenvalue weighted by atomic mass is 15.2. The average molecular weight is 227 g/mol. The van der Waals surface area contributed by atoms with Crippen molar-refractivity contribution >= 4 is 0 Å². The predicted octanol–water partition coefficient (Wildman–Crippen LogP) is 3.48. The standard InChI is InChI=1S/C14H31N2/c1-6-9-10-12-15-14(5,8-3)16-13(4)11-7-2/h13,15-16H,5-12H2,1-4H3. The van der Waals surface area contributed by atoms with E-state index < -0.39 is 0 Å². The molecule has 97 valence electrons. The number of rotatable bonds is 10. The van der Waals surface area contributed by atoms with Crippen LogP contribution in [0.5, 0.6) is 0 Å². The molecule has 2 atom stereocenters. The van der Waals surface area contributed by atoms with E-state index in [-0.39, 0.29) is 5.66 Å². The van der Waals surface area contributed by atoms with Gasteiger partial charge in [-0.05, 0) is 39.7 Å². The summed E-state index contributed by atoms with van der Waals surface area (Å²) in [6, 6.07) is 0.543. The highest BCUT2D eigenvalue weighted by Crippen LogP contribution is 2.08. The first-order valence-corrected chi connectivity index (χ1v) is 6.96. The molecular formula is C14H31N2. The summed E-state index contributed by atoms with van der Waals surface area (Å²) >= 11 is 0. The average Bonchev–Trinajstić information content (AvgIpc) is 2.25. The summed E-state index contributed by atoms with van der Waals surface area (Å²) in [5.74, 6) is 0. The van der Waals surface area contributed by atoms with Gasteiger partial charge >= 0.3 is 0 Å². The molecule has 0 saturated carbocycles. The largest absolute Gasteiger partial charge is 0.299 e. The lowest BCUT2D eigenvalue weighted by atomic mass is 10.1. The first-order valence-electron chi connectivity index (χ1n) is 6.96. The van der Waals surface area contributed by atoms with Gasteiger partial charge in [-0.1, -0.05) is 40.0 Å². The van der Waals surface area contributed by atoms with Gasteiger partial charge in [0, 0.05) is 6.04 Å². The van der Waals surface area contributed by atoms with E-state index in [2.05, 4.69) is 45.3 Å². The summed E-state index contributed by atoms with van der Waals surface area (Å²) in [5.41, 5.74) is -0.137. The monoisotopic (exact) mass is 227 g/mol. The van der Waals surface area contributed by atoms with Gasteiger partial charge < -0.3 is 0 Å². The normalized spacial score (nSPS) is 17.1. The van der Waals surface area contributed by atoms with Crippen molar-refractivity contribution in [1.82, 2.24) is 10.6 Å². The molecule has 0 saturated heterocycles. The molecule has 0 aromatic carbocycles. The van der Waals surface area contributed by atoms with E-state index in [1.807, 2.05) is 0 Å². The summed E-state index contributed by atoms with van der Waals surface area (Å²) in [6.45, 7) is 14.2. The second-order valence-electron chi connectivity index (χ2n) is 4.90. The van der Waals surface area contributed by atoms with Crippen molar-refractivity contribution in [2.24, 2.45) is 0 Å². The fourth-order valence-corrected chi connectivity index (χ4v) is 1.96. The van der Waals surface area contributed by atoms with Crippen molar-refractivity contribution in [3.63, 3.8) is 0 Å². The van der Waals surface area contributed by atoms with Crippen molar-refractivity contribution in [2.75, 3.05) is 6.54 Å². The van der Waals surface area contributed by atoms with Crippen molar-refractivity contribution in [2.45, 2.75) is 77.9 Å². The molecule has 0 fully saturated rings. The molecule has 0 amide bonds. The van der Waals surface area contributed by atoms with Crippen LogP contribution in [0.1, 0.15) is 66.2 Å². The topological polar surface area (TPSA) is 24.1 Å². The Kier molecular flexibility index (Phi) is 8.96. The molecule has 16 heavy (non-hydrogen) atoms. The van der Waals surface area contributed by atoms with Gasteiger partial charge in [0.2, 0.25) is 0 Å². The maximum Gasteiger partial charge on any atom is 0.0687 e. The van der Waals surface area contributed by atoms with Gasteiger partial charge in [0.25, 0.3) is 0 Å². The molecule has 0 aliphatic heterocycles. The van der Waals surface area contributed by atoms with Gasteiger partial charge in [-0.25, -0.2) is 0 Å². The number of hydrogen-bond donors (Lipinski definition) is 2. The summed E-state index contributed by atoms with van der Waals surface area (Å²) in [5, 5.41) is 7.15. The Morgan fingerprint density at radius 2 is 1.81 bits per heavy atom. The third-order valence-corrected chi connectivity index (χ3v) is 3.09. The SMILES string of the molecule is [CH2]C(CC)(NCCCCC)NC(C)CCC. The summed E-state index contributed by atoms with van der Waals surface area (Å²) in [6.07, 6.45) is 7.29. The second-order valence-corrected chi connectivity index (χ2v) is 4.90. The molecule has 0 aliphatic rings. The third-order valence-electron chi connectivity index (χ3n) is 3.09. The van der Waals surface area contributed by atoms with Crippen LogP contribution in [0.4, 0.5) is 0 Å². The molecule has 2 N–H and O–H groups in total. The third kappa shape index (κ3) is 7.24. The Morgan fingerprint density at radius 3 is 2.31 bits per heavy atom. The van der Waals surface area contributed by atoms with Crippen LogP contribution in [-0.2, 0) is 0 Å². The minimum Gasteiger partial charge on any atom is -0.299 e. The van der Waals surface area contributed by atoms with E-state index in [0.29, 0.717) is 6.04 Å². The zero-order chi connectivity index (χ0) is 12.4. The summed E-state index contributed by atoms with van der Waals surface area (Å²) in [7, 11) is 0. The van der Waals surface area contributed by atoms with Crippen molar-refractivity contribution in [1.29, 1.82) is 0 Å². The predicted molar refractivity (Wildman–Crippen MR) is 73.4 cm³/mol. The summed E-state index contributed by atoms with van der Waals surface area (Å²) < 4.78 is 0. The van der Waals surface area contributed by atoms with Gasteiger partial charge in [0.1, 0.15) is 0 Å². The molecular weight excluding hydrogens is 196 g/mol.